The van der Waals surface area contributed by atoms with Crippen LogP contribution in [0.2, 0.25) is 0 Å². The molecule has 17 heavy (non-hydrogen) atoms. The summed E-state index contributed by atoms with van der Waals surface area (Å²) in [5.74, 6) is 0.0639. The largest absolute Gasteiger partial charge is 0.487 e. The molecule has 0 aliphatic rings. The molecule has 4 heteroatoms. The highest BCUT2D eigenvalue weighted by atomic mass is 32.1. The highest BCUT2D eigenvalue weighted by Crippen LogP contribution is 2.21. The number of nitrogens with two attached hydrogens (primary N) is 1. The molecular weight excluding hydrogens is 234 g/mol. The van der Waals surface area contributed by atoms with E-state index < -0.39 is 5.91 Å². The van der Waals surface area contributed by atoms with E-state index in [2.05, 4.69) is 0 Å². The summed E-state index contributed by atoms with van der Waals surface area (Å²) in [6, 6.07) is 11.1. The van der Waals surface area contributed by atoms with Crippen molar-refractivity contribution in [2.75, 3.05) is 0 Å². The minimum absolute atomic E-state index is 0.417. The van der Waals surface area contributed by atoms with E-state index in [-0.39, 0.29) is 0 Å². The molecule has 2 aromatic rings. The molecule has 0 saturated carbocycles. The topological polar surface area (TPSA) is 52.3 Å². The molecule has 0 spiro atoms. The van der Waals surface area contributed by atoms with Gasteiger partial charge in [-0.15, -0.1) is 11.3 Å². The molecule has 0 saturated heterocycles. The smallest absolute Gasteiger partial charge is 0.252 e. The third-order valence-electron chi connectivity index (χ3n) is 2.32. The van der Waals surface area contributed by atoms with Crippen LogP contribution >= 0.6 is 11.3 Å². The monoisotopic (exact) mass is 247 g/mol. The zero-order valence-electron chi connectivity index (χ0n) is 9.47. The summed E-state index contributed by atoms with van der Waals surface area (Å²) < 4.78 is 5.61. The van der Waals surface area contributed by atoms with Gasteiger partial charge in [-0.1, -0.05) is 12.1 Å². The van der Waals surface area contributed by atoms with Crippen molar-refractivity contribution >= 4 is 17.2 Å². The van der Waals surface area contributed by atoms with Gasteiger partial charge in [0.15, 0.2) is 0 Å². The lowest BCUT2D eigenvalue weighted by molar-refractivity contribution is 0.0996. The molecule has 1 heterocycles. The van der Waals surface area contributed by atoms with Gasteiger partial charge < -0.3 is 10.5 Å². The normalized spacial score (nSPS) is 10.2. The molecule has 3 nitrogen and oxygen atoms in total. The number of aryl methyl sites for hydroxylation is 1. The second kappa shape index (κ2) is 5.01. The molecule has 0 aliphatic heterocycles. The fourth-order valence-corrected chi connectivity index (χ4v) is 2.31. The Hall–Kier alpha value is -1.81. The Balaban J connectivity index is 2.11. The minimum Gasteiger partial charge on any atom is -0.487 e. The van der Waals surface area contributed by atoms with Crippen LogP contribution in [0.1, 0.15) is 20.1 Å². The van der Waals surface area contributed by atoms with Crippen LogP contribution in [-0.4, -0.2) is 5.91 Å². The Bertz CT molecular complexity index is 534. The number of amides is 1. The number of primary amides is 1. The molecule has 88 valence electrons. The van der Waals surface area contributed by atoms with Crippen LogP contribution in [0.4, 0.5) is 0 Å². The van der Waals surface area contributed by atoms with E-state index in [9.17, 15) is 4.79 Å². The fourth-order valence-electron chi connectivity index (χ4n) is 1.51. The van der Waals surface area contributed by atoms with Gasteiger partial charge in [0.05, 0.1) is 5.56 Å². The summed E-state index contributed by atoms with van der Waals surface area (Å²) in [6.45, 7) is 2.51. The maximum atomic E-state index is 11.2. The minimum atomic E-state index is -0.469. The van der Waals surface area contributed by atoms with Gasteiger partial charge in [-0.3, -0.25) is 4.79 Å². The molecule has 0 unspecified atom stereocenters. The quantitative estimate of drug-likeness (QED) is 0.903. The van der Waals surface area contributed by atoms with Crippen molar-refractivity contribution in [2.45, 2.75) is 13.5 Å². The predicted molar refractivity (Wildman–Crippen MR) is 68.3 cm³/mol. The second-order valence-electron chi connectivity index (χ2n) is 3.66. The van der Waals surface area contributed by atoms with Crippen LogP contribution in [-0.2, 0) is 6.61 Å². The number of carbonyl (C=O) groups excluding carboxylic acids is 1. The van der Waals surface area contributed by atoms with Crippen molar-refractivity contribution in [1.29, 1.82) is 0 Å². The van der Waals surface area contributed by atoms with Gasteiger partial charge in [0.1, 0.15) is 12.4 Å². The van der Waals surface area contributed by atoms with Crippen LogP contribution in [0.15, 0.2) is 36.4 Å². The molecule has 1 amide bonds. The number of hydrogen-bond donors (Lipinski definition) is 1. The first-order chi connectivity index (χ1) is 8.16. The summed E-state index contributed by atoms with van der Waals surface area (Å²) in [7, 11) is 0. The fraction of sp³-hybridized carbons (Fsp3) is 0.154. The number of hydrogen-bond acceptors (Lipinski definition) is 3. The lowest BCUT2D eigenvalue weighted by Crippen LogP contribution is -2.12. The molecule has 1 aromatic heterocycles. The van der Waals surface area contributed by atoms with E-state index >= 15 is 0 Å². The summed E-state index contributed by atoms with van der Waals surface area (Å²) >= 11 is 1.68. The van der Waals surface area contributed by atoms with Gasteiger partial charge in [0.25, 0.3) is 5.91 Å². The molecule has 0 atom stereocenters. The first-order valence-corrected chi connectivity index (χ1v) is 6.05. The van der Waals surface area contributed by atoms with Crippen LogP contribution in [0, 0.1) is 6.92 Å². The molecule has 0 radical (unpaired) electrons. The van der Waals surface area contributed by atoms with Crippen molar-refractivity contribution in [2.24, 2.45) is 5.73 Å². The van der Waals surface area contributed by atoms with Crippen molar-refractivity contribution in [1.82, 2.24) is 0 Å². The number of para-hydroxylation sites is 1. The molecule has 1 aromatic carbocycles. The second-order valence-corrected chi connectivity index (χ2v) is 5.03. The van der Waals surface area contributed by atoms with Gasteiger partial charge in [0, 0.05) is 9.75 Å². The number of rotatable bonds is 4. The summed E-state index contributed by atoms with van der Waals surface area (Å²) in [4.78, 5) is 13.6. The van der Waals surface area contributed by atoms with E-state index in [1.54, 1.807) is 29.5 Å². The first-order valence-electron chi connectivity index (χ1n) is 5.24. The third kappa shape index (κ3) is 2.85. The average Bonchev–Trinajstić information content (AvgIpc) is 2.73. The SMILES string of the molecule is Cc1ccc(COc2ccccc2C(N)=O)s1. The zero-order valence-corrected chi connectivity index (χ0v) is 10.3. The van der Waals surface area contributed by atoms with Crippen LogP contribution in [0.5, 0.6) is 5.75 Å². The Morgan fingerprint density at radius 2 is 2.06 bits per heavy atom. The predicted octanol–water partition coefficient (Wildman–Crippen LogP) is 2.73. The first kappa shape index (κ1) is 11.7. The molecule has 0 fully saturated rings. The average molecular weight is 247 g/mol. The van der Waals surface area contributed by atoms with Crippen molar-refractivity contribution in [3.05, 3.63) is 51.7 Å². The standard InChI is InChI=1S/C13H13NO2S/c1-9-6-7-10(17-9)8-16-12-5-3-2-4-11(12)13(14)15/h2-7H,8H2,1H3,(H2,14,15). The van der Waals surface area contributed by atoms with E-state index in [1.165, 1.54) is 4.88 Å². The Morgan fingerprint density at radius 3 is 2.71 bits per heavy atom. The van der Waals surface area contributed by atoms with Gasteiger partial charge in [-0.2, -0.15) is 0 Å². The lowest BCUT2D eigenvalue weighted by Gasteiger charge is -2.07. The lowest BCUT2D eigenvalue weighted by atomic mass is 10.2. The number of benzene rings is 1. The van der Waals surface area contributed by atoms with Crippen LogP contribution < -0.4 is 10.5 Å². The van der Waals surface area contributed by atoms with Crippen molar-refractivity contribution in [3.63, 3.8) is 0 Å². The van der Waals surface area contributed by atoms with Crippen molar-refractivity contribution < 1.29 is 9.53 Å². The Morgan fingerprint density at radius 1 is 1.29 bits per heavy atom. The number of ether oxygens (including phenoxy) is 1. The molecular formula is C13H13NO2S. The van der Waals surface area contributed by atoms with E-state index in [4.69, 9.17) is 10.5 Å². The molecule has 0 bridgehead atoms. The van der Waals surface area contributed by atoms with Crippen molar-refractivity contribution in [3.8, 4) is 5.75 Å². The molecule has 2 N–H and O–H groups in total. The third-order valence-corrected chi connectivity index (χ3v) is 3.29. The Kier molecular flexibility index (Phi) is 3.44. The van der Waals surface area contributed by atoms with Crippen LogP contribution in [0.25, 0.3) is 0 Å². The number of carbonyl (C=O) groups is 1. The summed E-state index contributed by atoms with van der Waals surface area (Å²) in [5.41, 5.74) is 5.69. The maximum Gasteiger partial charge on any atom is 0.252 e. The highest BCUT2D eigenvalue weighted by Gasteiger charge is 2.08. The van der Waals surface area contributed by atoms with Gasteiger partial charge in [-0.25, -0.2) is 0 Å². The number of thiophene rings is 1. The molecule has 0 aliphatic carbocycles. The van der Waals surface area contributed by atoms with E-state index in [1.807, 2.05) is 25.1 Å². The Labute approximate surface area is 104 Å². The summed E-state index contributed by atoms with van der Waals surface area (Å²) in [6.07, 6.45) is 0. The van der Waals surface area contributed by atoms with E-state index in [0.29, 0.717) is 17.9 Å². The summed E-state index contributed by atoms with van der Waals surface area (Å²) in [5, 5.41) is 0. The maximum absolute atomic E-state index is 11.2. The van der Waals surface area contributed by atoms with Gasteiger partial charge in [-0.05, 0) is 31.2 Å². The van der Waals surface area contributed by atoms with Gasteiger partial charge in [0.2, 0.25) is 0 Å². The van der Waals surface area contributed by atoms with Gasteiger partial charge >= 0.3 is 0 Å². The van der Waals surface area contributed by atoms with Crippen LogP contribution in [0.3, 0.4) is 0 Å². The van der Waals surface area contributed by atoms with E-state index in [0.717, 1.165) is 4.88 Å². The zero-order chi connectivity index (χ0) is 12.3. The molecule has 2 rings (SSSR count). The highest BCUT2D eigenvalue weighted by molar-refractivity contribution is 7.11.